The molecule has 134 valence electrons. The summed E-state index contributed by atoms with van der Waals surface area (Å²) in [5, 5.41) is 9.21. The lowest BCUT2D eigenvalue weighted by atomic mass is 10.1. The molecule has 0 aliphatic carbocycles. The lowest BCUT2D eigenvalue weighted by Crippen LogP contribution is -2.52. The Bertz CT molecular complexity index is 539. The number of amides is 2. The third-order valence-electron chi connectivity index (χ3n) is 4.60. The largest absolute Gasteiger partial charge is 0.480 e. The summed E-state index contributed by atoms with van der Waals surface area (Å²) in [7, 11) is 0. The molecule has 2 heterocycles. The summed E-state index contributed by atoms with van der Waals surface area (Å²) in [5.74, 6) is -1.32. The van der Waals surface area contributed by atoms with Gasteiger partial charge in [-0.2, -0.15) is 0 Å². The molecule has 0 saturated carbocycles. The molecule has 0 aromatic rings. The zero-order valence-corrected chi connectivity index (χ0v) is 14.9. The molecule has 7 nitrogen and oxygen atoms in total. The Balaban J connectivity index is 2.04. The van der Waals surface area contributed by atoms with Gasteiger partial charge in [-0.3, -0.25) is 14.4 Å². The maximum absolute atomic E-state index is 12.8. The van der Waals surface area contributed by atoms with Gasteiger partial charge in [-0.25, -0.2) is 4.79 Å². The van der Waals surface area contributed by atoms with Crippen LogP contribution in [0, 0.1) is 5.92 Å². The minimum Gasteiger partial charge on any atom is -0.480 e. The highest BCUT2D eigenvalue weighted by Crippen LogP contribution is 2.26. The molecular weight excluding hydrogens is 332 g/mol. The van der Waals surface area contributed by atoms with Crippen molar-refractivity contribution >= 4 is 34.7 Å². The zero-order valence-electron chi connectivity index (χ0n) is 14.1. The summed E-state index contributed by atoms with van der Waals surface area (Å²) in [6, 6.07) is -1.34. The predicted molar refractivity (Wildman–Crippen MR) is 89.4 cm³/mol. The maximum Gasteiger partial charge on any atom is 0.326 e. The highest BCUT2D eigenvalue weighted by atomic mass is 32.2. The lowest BCUT2D eigenvalue weighted by Gasteiger charge is -2.31. The third-order valence-corrected chi connectivity index (χ3v) is 5.67. The average Bonchev–Trinajstić information content (AvgIpc) is 3.19. The van der Waals surface area contributed by atoms with Gasteiger partial charge in [-0.15, -0.1) is 0 Å². The van der Waals surface area contributed by atoms with E-state index in [0.29, 0.717) is 38.1 Å². The highest BCUT2D eigenvalue weighted by Gasteiger charge is 2.42. The van der Waals surface area contributed by atoms with E-state index in [1.54, 1.807) is 11.8 Å². The van der Waals surface area contributed by atoms with E-state index in [0.717, 1.165) is 18.2 Å². The Hall–Kier alpha value is -1.57. The van der Waals surface area contributed by atoms with Gasteiger partial charge >= 0.3 is 5.97 Å². The first kappa shape index (κ1) is 18.8. The van der Waals surface area contributed by atoms with E-state index in [4.69, 9.17) is 0 Å². The summed E-state index contributed by atoms with van der Waals surface area (Å²) in [6.45, 7) is 4.16. The molecule has 2 fully saturated rings. The van der Waals surface area contributed by atoms with Gasteiger partial charge in [-0.1, -0.05) is 18.7 Å². The number of nitrogens with zero attached hydrogens (tertiary/aromatic N) is 2. The molecule has 0 unspecified atom stereocenters. The van der Waals surface area contributed by atoms with Crippen molar-refractivity contribution in [1.29, 1.82) is 0 Å². The summed E-state index contributed by atoms with van der Waals surface area (Å²) >= 11 is 1.11. The number of aliphatic carboxylic acids is 1. The van der Waals surface area contributed by atoms with E-state index in [9.17, 15) is 24.3 Å². The fraction of sp³-hybridized carbons (Fsp3) is 0.750. The monoisotopic (exact) mass is 356 g/mol. The minimum atomic E-state index is -0.983. The molecule has 2 saturated heterocycles. The van der Waals surface area contributed by atoms with Gasteiger partial charge in [-0.05, 0) is 25.7 Å². The molecule has 0 aromatic heterocycles. The first-order valence-electron chi connectivity index (χ1n) is 8.30. The van der Waals surface area contributed by atoms with Gasteiger partial charge in [0.2, 0.25) is 11.8 Å². The predicted octanol–water partition coefficient (Wildman–Crippen LogP) is 0.969. The summed E-state index contributed by atoms with van der Waals surface area (Å²) in [5.41, 5.74) is 0. The van der Waals surface area contributed by atoms with Crippen LogP contribution in [0.25, 0.3) is 0 Å². The molecule has 0 spiro atoms. The number of likely N-dealkylation sites (tertiary alicyclic amines) is 2. The normalized spacial score (nSPS) is 24.9. The van der Waals surface area contributed by atoms with Crippen molar-refractivity contribution in [3.05, 3.63) is 0 Å². The zero-order chi connectivity index (χ0) is 17.9. The molecule has 2 amide bonds. The van der Waals surface area contributed by atoms with Crippen molar-refractivity contribution in [2.24, 2.45) is 5.92 Å². The summed E-state index contributed by atoms with van der Waals surface area (Å²) in [6.07, 6.45) is 2.45. The molecule has 24 heavy (non-hydrogen) atoms. The number of carboxylic acids is 1. The smallest absolute Gasteiger partial charge is 0.326 e. The maximum atomic E-state index is 12.8. The summed E-state index contributed by atoms with van der Waals surface area (Å²) in [4.78, 5) is 50.7. The molecule has 0 aromatic carbocycles. The number of hydrogen-bond acceptors (Lipinski definition) is 5. The van der Waals surface area contributed by atoms with Gasteiger partial charge in [0.15, 0.2) is 5.12 Å². The van der Waals surface area contributed by atoms with Crippen LogP contribution in [0.5, 0.6) is 0 Å². The molecule has 0 radical (unpaired) electrons. The lowest BCUT2D eigenvalue weighted by molar-refractivity contribution is -0.152. The van der Waals surface area contributed by atoms with Crippen LogP contribution in [0.15, 0.2) is 0 Å². The van der Waals surface area contributed by atoms with E-state index in [2.05, 4.69) is 0 Å². The average molecular weight is 356 g/mol. The Labute approximate surface area is 145 Å². The van der Waals surface area contributed by atoms with E-state index in [-0.39, 0.29) is 22.8 Å². The van der Waals surface area contributed by atoms with Crippen molar-refractivity contribution in [2.45, 2.75) is 51.6 Å². The van der Waals surface area contributed by atoms with E-state index in [1.165, 1.54) is 11.8 Å². The Morgan fingerprint density at radius 2 is 1.67 bits per heavy atom. The fourth-order valence-corrected chi connectivity index (χ4v) is 3.99. The Morgan fingerprint density at radius 1 is 1.08 bits per heavy atom. The number of carboxylic acid groups (broad SMARTS) is 1. The molecule has 2 aliphatic heterocycles. The van der Waals surface area contributed by atoms with Gasteiger partial charge in [0, 0.05) is 31.7 Å². The Morgan fingerprint density at radius 3 is 2.25 bits per heavy atom. The van der Waals surface area contributed by atoms with Gasteiger partial charge in [0.25, 0.3) is 0 Å². The Kier molecular flexibility index (Phi) is 6.26. The van der Waals surface area contributed by atoms with E-state index in [1.807, 2.05) is 0 Å². The topological polar surface area (TPSA) is 95.0 Å². The first-order chi connectivity index (χ1) is 11.3. The number of hydrogen-bond donors (Lipinski definition) is 1. The second-order valence-electron chi connectivity index (χ2n) is 6.42. The SMILES string of the molecule is CC(=O)SC[C@@H](C)C(=O)N1CCC[C@H]1C(=O)N1CCC[C@H]1C(=O)O. The molecule has 3 atom stereocenters. The van der Waals surface area contributed by atoms with Crippen LogP contribution in [0.1, 0.15) is 39.5 Å². The van der Waals surface area contributed by atoms with Crippen LogP contribution in [0.4, 0.5) is 0 Å². The summed E-state index contributed by atoms with van der Waals surface area (Å²) < 4.78 is 0. The van der Waals surface area contributed by atoms with E-state index >= 15 is 0 Å². The molecular formula is C16H24N2O5S. The van der Waals surface area contributed by atoms with Crippen molar-refractivity contribution in [2.75, 3.05) is 18.8 Å². The highest BCUT2D eigenvalue weighted by molar-refractivity contribution is 8.13. The molecule has 8 heteroatoms. The van der Waals surface area contributed by atoms with Crippen molar-refractivity contribution in [3.8, 4) is 0 Å². The molecule has 2 aliphatic rings. The number of carbonyl (C=O) groups excluding carboxylic acids is 3. The van der Waals surface area contributed by atoms with Crippen LogP contribution in [-0.2, 0) is 19.2 Å². The molecule has 2 rings (SSSR count). The van der Waals surface area contributed by atoms with Gasteiger partial charge in [0.05, 0.1) is 0 Å². The first-order valence-corrected chi connectivity index (χ1v) is 9.28. The molecule has 1 N–H and O–H groups in total. The quantitative estimate of drug-likeness (QED) is 0.789. The van der Waals surface area contributed by atoms with Crippen molar-refractivity contribution < 1.29 is 24.3 Å². The standard InChI is InChI=1S/C16H24N2O5S/c1-10(9-24-11(2)19)14(20)17-7-3-5-12(17)15(21)18-8-4-6-13(18)16(22)23/h10,12-13H,3-9H2,1-2H3,(H,22,23)/t10-,12+,13+/m1/s1. The third kappa shape index (κ3) is 4.09. The molecule has 0 bridgehead atoms. The number of carbonyl (C=O) groups is 4. The van der Waals surface area contributed by atoms with Crippen LogP contribution >= 0.6 is 11.8 Å². The van der Waals surface area contributed by atoms with Crippen molar-refractivity contribution in [1.82, 2.24) is 9.80 Å². The number of thioether (sulfide) groups is 1. The minimum absolute atomic E-state index is 0.0370. The van der Waals surface area contributed by atoms with Gasteiger partial charge < -0.3 is 14.9 Å². The van der Waals surface area contributed by atoms with Crippen LogP contribution in [0.3, 0.4) is 0 Å². The van der Waals surface area contributed by atoms with Crippen LogP contribution in [-0.4, -0.2) is 68.7 Å². The van der Waals surface area contributed by atoms with Crippen LogP contribution in [0.2, 0.25) is 0 Å². The fourth-order valence-electron chi connectivity index (χ4n) is 3.36. The van der Waals surface area contributed by atoms with E-state index < -0.39 is 18.1 Å². The van der Waals surface area contributed by atoms with Gasteiger partial charge in [0.1, 0.15) is 12.1 Å². The van der Waals surface area contributed by atoms with Crippen LogP contribution < -0.4 is 0 Å². The second kappa shape index (κ2) is 8.00. The second-order valence-corrected chi connectivity index (χ2v) is 7.62. The van der Waals surface area contributed by atoms with Crippen molar-refractivity contribution in [3.63, 3.8) is 0 Å². The number of rotatable bonds is 5.